The van der Waals surface area contributed by atoms with Gasteiger partial charge in [-0.05, 0) is 12.1 Å². The molecule has 22 heavy (non-hydrogen) atoms. The summed E-state index contributed by atoms with van der Waals surface area (Å²) < 4.78 is 4.58. The van der Waals surface area contributed by atoms with Gasteiger partial charge in [0.2, 0.25) is 0 Å². The van der Waals surface area contributed by atoms with Gasteiger partial charge in [0.05, 0.1) is 21.8 Å². The van der Waals surface area contributed by atoms with Crippen LogP contribution < -0.4 is 0 Å². The van der Waals surface area contributed by atoms with Crippen molar-refractivity contribution in [2.75, 3.05) is 26.2 Å². The van der Waals surface area contributed by atoms with E-state index >= 15 is 0 Å². The van der Waals surface area contributed by atoms with Crippen molar-refractivity contribution in [2.24, 2.45) is 0 Å². The molecule has 116 valence electrons. The maximum absolute atomic E-state index is 12.6. The molecule has 1 aliphatic rings. The summed E-state index contributed by atoms with van der Waals surface area (Å²) in [6, 6.07) is 5.08. The van der Waals surface area contributed by atoms with Crippen LogP contribution in [0.4, 0.5) is 0 Å². The largest absolute Gasteiger partial charge is 0.336 e. The molecule has 8 heteroatoms. The van der Waals surface area contributed by atoms with Gasteiger partial charge in [0, 0.05) is 32.7 Å². The number of amides is 1. The van der Waals surface area contributed by atoms with Crippen molar-refractivity contribution in [2.45, 2.75) is 6.54 Å². The van der Waals surface area contributed by atoms with Crippen LogP contribution in [0.1, 0.15) is 16.1 Å². The van der Waals surface area contributed by atoms with Gasteiger partial charge in [-0.2, -0.15) is 0 Å². The van der Waals surface area contributed by atoms with Crippen LogP contribution >= 0.6 is 23.2 Å². The molecule has 6 nitrogen and oxygen atoms in total. The molecule has 0 aliphatic carbocycles. The molecule has 1 saturated heterocycles. The van der Waals surface area contributed by atoms with Crippen LogP contribution in [0.25, 0.3) is 0 Å². The molecule has 0 unspecified atom stereocenters. The van der Waals surface area contributed by atoms with E-state index in [1.165, 1.54) is 0 Å². The highest BCUT2D eigenvalue weighted by molar-refractivity contribution is 6.39. The van der Waals surface area contributed by atoms with E-state index in [1.807, 2.05) is 0 Å². The molecular weight excluding hydrogens is 327 g/mol. The third-order valence-electron chi connectivity index (χ3n) is 3.63. The van der Waals surface area contributed by atoms with Gasteiger partial charge in [-0.25, -0.2) is 4.63 Å². The highest BCUT2D eigenvalue weighted by atomic mass is 35.5. The minimum absolute atomic E-state index is 0.127. The van der Waals surface area contributed by atoms with Crippen molar-refractivity contribution < 1.29 is 9.42 Å². The molecular formula is C14H14Cl2N4O2. The van der Waals surface area contributed by atoms with Gasteiger partial charge in [-0.15, -0.1) is 0 Å². The van der Waals surface area contributed by atoms with Gasteiger partial charge in [0.25, 0.3) is 5.91 Å². The zero-order chi connectivity index (χ0) is 15.5. The fourth-order valence-electron chi connectivity index (χ4n) is 2.45. The molecule has 1 aromatic carbocycles. The molecule has 0 saturated carbocycles. The van der Waals surface area contributed by atoms with Crippen LogP contribution in [0, 0.1) is 0 Å². The first-order valence-corrected chi connectivity index (χ1v) is 7.63. The maximum atomic E-state index is 12.6. The van der Waals surface area contributed by atoms with E-state index in [1.54, 1.807) is 29.3 Å². The Morgan fingerprint density at radius 2 is 1.86 bits per heavy atom. The minimum atomic E-state index is -0.127. The van der Waals surface area contributed by atoms with E-state index in [0.29, 0.717) is 35.2 Å². The summed E-state index contributed by atoms with van der Waals surface area (Å²) in [5, 5.41) is 8.14. The molecule has 2 heterocycles. The number of carbonyl (C=O) groups excluding carboxylic acids is 1. The second-order valence-electron chi connectivity index (χ2n) is 5.06. The lowest BCUT2D eigenvalue weighted by atomic mass is 10.1. The van der Waals surface area contributed by atoms with Crippen molar-refractivity contribution in [3.05, 3.63) is 45.7 Å². The number of benzene rings is 1. The fraction of sp³-hybridized carbons (Fsp3) is 0.357. The lowest BCUT2D eigenvalue weighted by Gasteiger charge is -2.34. The summed E-state index contributed by atoms with van der Waals surface area (Å²) in [5.74, 6) is -0.127. The Bertz CT molecular complexity index is 635. The standard InChI is InChI=1S/C14H14Cl2N4O2/c15-11-2-1-3-12(16)13(11)14(21)20-6-4-19(5-7-20)9-10-8-17-22-18-10/h1-3,8H,4-7,9H2. The van der Waals surface area contributed by atoms with Crippen LogP contribution in [0.2, 0.25) is 10.0 Å². The molecule has 1 aliphatic heterocycles. The van der Waals surface area contributed by atoms with Crippen molar-refractivity contribution in [3.63, 3.8) is 0 Å². The summed E-state index contributed by atoms with van der Waals surface area (Å²) in [6.45, 7) is 3.40. The van der Waals surface area contributed by atoms with E-state index < -0.39 is 0 Å². The first kappa shape index (κ1) is 15.3. The first-order valence-electron chi connectivity index (χ1n) is 6.87. The van der Waals surface area contributed by atoms with Crippen molar-refractivity contribution in [3.8, 4) is 0 Å². The summed E-state index contributed by atoms with van der Waals surface area (Å²) in [4.78, 5) is 16.5. The topological polar surface area (TPSA) is 62.5 Å². The number of piperazine rings is 1. The monoisotopic (exact) mass is 340 g/mol. The van der Waals surface area contributed by atoms with Gasteiger partial charge in [0.1, 0.15) is 5.69 Å². The molecule has 0 bridgehead atoms. The Kier molecular flexibility index (Phi) is 4.61. The number of rotatable bonds is 3. The zero-order valence-electron chi connectivity index (χ0n) is 11.7. The van der Waals surface area contributed by atoms with Crippen LogP contribution in [-0.2, 0) is 6.54 Å². The Labute approximate surface area is 137 Å². The van der Waals surface area contributed by atoms with Gasteiger partial charge in [-0.3, -0.25) is 9.69 Å². The fourth-order valence-corrected chi connectivity index (χ4v) is 3.01. The second kappa shape index (κ2) is 6.64. The van der Waals surface area contributed by atoms with E-state index in [4.69, 9.17) is 23.2 Å². The first-order chi connectivity index (χ1) is 10.6. The molecule has 0 spiro atoms. The second-order valence-corrected chi connectivity index (χ2v) is 5.88. The highest BCUT2D eigenvalue weighted by Gasteiger charge is 2.25. The molecule has 1 aromatic heterocycles. The Morgan fingerprint density at radius 3 is 2.45 bits per heavy atom. The van der Waals surface area contributed by atoms with Gasteiger partial charge in [-0.1, -0.05) is 39.6 Å². The van der Waals surface area contributed by atoms with E-state index in [9.17, 15) is 4.79 Å². The van der Waals surface area contributed by atoms with Crippen LogP contribution in [-0.4, -0.2) is 52.2 Å². The van der Waals surface area contributed by atoms with Crippen molar-refractivity contribution in [1.29, 1.82) is 0 Å². The number of nitrogens with zero attached hydrogens (tertiary/aromatic N) is 4. The van der Waals surface area contributed by atoms with Crippen molar-refractivity contribution in [1.82, 2.24) is 20.1 Å². The Balaban J connectivity index is 1.62. The average Bonchev–Trinajstić information content (AvgIpc) is 3.00. The van der Waals surface area contributed by atoms with E-state index in [2.05, 4.69) is 19.8 Å². The maximum Gasteiger partial charge on any atom is 0.256 e. The molecule has 0 radical (unpaired) electrons. The number of halogens is 2. The molecule has 3 rings (SSSR count). The molecule has 0 atom stereocenters. The van der Waals surface area contributed by atoms with Gasteiger partial charge >= 0.3 is 0 Å². The number of hydrogen-bond acceptors (Lipinski definition) is 5. The SMILES string of the molecule is O=C(c1c(Cl)cccc1Cl)N1CCN(Cc2cnon2)CC1. The molecule has 2 aromatic rings. The molecule has 1 fully saturated rings. The zero-order valence-corrected chi connectivity index (χ0v) is 13.2. The number of aromatic nitrogens is 2. The molecule has 0 N–H and O–H groups in total. The predicted octanol–water partition coefficient (Wildman–Crippen LogP) is 2.33. The summed E-state index contributed by atoms with van der Waals surface area (Å²) in [7, 11) is 0. The summed E-state index contributed by atoms with van der Waals surface area (Å²) in [6.07, 6.45) is 1.60. The molecule has 1 amide bonds. The quantitative estimate of drug-likeness (QED) is 0.858. The minimum Gasteiger partial charge on any atom is -0.336 e. The third kappa shape index (κ3) is 3.24. The Hall–Kier alpha value is -1.63. The number of hydrogen-bond donors (Lipinski definition) is 0. The van der Waals surface area contributed by atoms with Crippen LogP contribution in [0.3, 0.4) is 0 Å². The normalized spacial score (nSPS) is 16.0. The third-order valence-corrected chi connectivity index (χ3v) is 4.26. The van der Waals surface area contributed by atoms with E-state index in [0.717, 1.165) is 18.8 Å². The highest BCUT2D eigenvalue weighted by Crippen LogP contribution is 2.26. The predicted molar refractivity (Wildman–Crippen MR) is 81.9 cm³/mol. The number of carbonyl (C=O) groups is 1. The van der Waals surface area contributed by atoms with Gasteiger partial charge < -0.3 is 4.90 Å². The van der Waals surface area contributed by atoms with Gasteiger partial charge in [0.15, 0.2) is 0 Å². The van der Waals surface area contributed by atoms with Crippen LogP contribution in [0.15, 0.2) is 29.0 Å². The lowest BCUT2D eigenvalue weighted by molar-refractivity contribution is 0.0626. The Morgan fingerprint density at radius 1 is 1.18 bits per heavy atom. The van der Waals surface area contributed by atoms with Crippen molar-refractivity contribution >= 4 is 29.1 Å². The van der Waals surface area contributed by atoms with Crippen LogP contribution in [0.5, 0.6) is 0 Å². The summed E-state index contributed by atoms with van der Waals surface area (Å²) in [5.41, 5.74) is 1.16. The average molecular weight is 341 g/mol. The smallest absolute Gasteiger partial charge is 0.256 e. The lowest BCUT2D eigenvalue weighted by Crippen LogP contribution is -2.48. The van der Waals surface area contributed by atoms with E-state index in [-0.39, 0.29) is 5.91 Å². The summed E-state index contributed by atoms with van der Waals surface area (Å²) >= 11 is 12.2.